The Balaban J connectivity index is 1.79. The fraction of sp³-hybridized carbons (Fsp3) is 0.0625. The van der Waals surface area contributed by atoms with Crippen LogP contribution < -0.4 is 0 Å². The second-order valence-electron chi connectivity index (χ2n) is 4.68. The Morgan fingerprint density at radius 3 is 2.89 bits per heavy atom. The molecule has 3 heteroatoms. The van der Waals surface area contributed by atoms with E-state index < -0.39 is 0 Å². The summed E-state index contributed by atoms with van der Waals surface area (Å²) < 4.78 is 2.40. The molecule has 0 saturated heterocycles. The highest BCUT2D eigenvalue weighted by atomic mass is 79.9. The van der Waals surface area contributed by atoms with E-state index in [0.29, 0.717) is 0 Å². The summed E-state index contributed by atoms with van der Waals surface area (Å²) in [5, 5.41) is 1.15. The van der Waals surface area contributed by atoms with Crippen molar-refractivity contribution in [3.63, 3.8) is 0 Å². The topological polar surface area (TPSA) is 12.9 Å². The summed E-state index contributed by atoms with van der Waals surface area (Å²) in [5.41, 5.74) is 5.12. The third-order valence-electron chi connectivity index (χ3n) is 3.38. The van der Waals surface area contributed by atoms with E-state index in [1.54, 1.807) is 11.3 Å². The van der Waals surface area contributed by atoms with Crippen LogP contribution in [0.3, 0.4) is 0 Å². The van der Waals surface area contributed by atoms with Crippen LogP contribution >= 0.6 is 27.3 Å². The van der Waals surface area contributed by atoms with Crippen LogP contribution in [0.2, 0.25) is 0 Å². The van der Waals surface area contributed by atoms with Crippen molar-refractivity contribution in [2.75, 3.05) is 0 Å². The van der Waals surface area contributed by atoms with Gasteiger partial charge in [-0.25, -0.2) is 4.98 Å². The van der Waals surface area contributed by atoms with Crippen molar-refractivity contribution in [3.05, 3.63) is 63.1 Å². The number of benzene rings is 2. The van der Waals surface area contributed by atoms with Crippen LogP contribution in [0, 0.1) is 0 Å². The molecule has 0 fully saturated rings. The molecule has 1 heterocycles. The Morgan fingerprint density at radius 1 is 1.11 bits per heavy atom. The maximum absolute atomic E-state index is 4.74. The van der Waals surface area contributed by atoms with E-state index in [9.17, 15) is 0 Å². The molecule has 1 aromatic heterocycles. The Kier molecular flexibility index (Phi) is 2.57. The molecule has 0 saturated carbocycles. The Hall–Kier alpha value is -1.45. The number of hydrogen-bond donors (Lipinski definition) is 0. The van der Waals surface area contributed by atoms with E-state index in [4.69, 9.17) is 4.98 Å². The second kappa shape index (κ2) is 4.29. The van der Waals surface area contributed by atoms with Crippen LogP contribution in [0.15, 0.2) is 46.9 Å². The molecular formula is C16H10BrNS. The quantitative estimate of drug-likeness (QED) is 0.601. The van der Waals surface area contributed by atoms with Gasteiger partial charge in [0.05, 0.1) is 10.2 Å². The first kappa shape index (κ1) is 11.4. The highest BCUT2D eigenvalue weighted by Gasteiger charge is 2.17. The van der Waals surface area contributed by atoms with Gasteiger partial charge in [0.25, 0.3) is 0 Å². The van der Waals surface area contributed by atoms with Crippen LogP contribution in [0.25, 0.3) is 21.9 Å². The van der Waals surface area contributed by atoms with Gasteiger partial charge in [0, 0.05) is 10.9 Å². The molecule has 0 amide bonds. The van der Waals surface area contributed by atoms with Crippen molar-refractivity contribution < 1.29 is 0 Å². The SMILES string of the molecule is Brc1ccc2c(c1)CC(c1nc3ccccc3s1)=C2. The minimum atomic E-state index is 0.981. The average molecular weight is 328 g/mol. The minimum Gasteiger partial charge on any atom is -0.236 e. The maximum atomic E-state index is 4.74. The molecule has 1 aliphatic rings. The smallest absolute Gasteiger partial charge is 0.120 e. The molecule has 0 spiro atoms. The summed E-state index contributed by atoms with van der Waals surface area (Å²) in [6.45, 7) is 0. The highest BCUT2D eigenvalue weighted by Crippen LogP contribution is 2.36. The van der Waals surface area contributed by atoms with Crippen molar-refractivity contribution in [1.29, 1.82) is 0 Å². The summed E-state index contributed by atoms with van der Waals surface area (Å²) in [4.78, 5) is 4.74. The first-order valence-corrected chi connectivity index (χ1v) is 7.75. The molecule has 19 heavy (non-hydrogen) atoms. The van der Waals surface area contributed by atoms with Crippen molar-refractivity contribution in [2.24, 2.45) is 0 Å². The van der Waals surface area contributed by atoms with Gasteiger partial charge in [-0.2, -0.15) is 0 Å². The second-order valence-corrected chi connectivity index (χ2v) is 6.62. The number of hydrogen-bond acceptors (Lipinski definition) is 2. The predicted molar refractivity (Wildman–Crippen MR) is 85.3 cm³/mol. The van der Waals surface area contributed by atoms with Gasteiger partial charge in [-0.05, 0) is 47.0 Å². The molecule has 0 bridgehead atoms. The first-order chi connectivity index (χ1) is 9.29. The lowest BCUT2D eigenvalue weighted by molar-refractivity contribution is 1.29. The summed E-state index contributed by atoms with van der Waals surface area (Å²) in [7, 11) is 0. The normalized spacial score (nSPS) is 13.6. The number of nitrogens with zero attached hydrogens (tertiary/aromatic N) is 1. The van der Waals surface area contributed by atoms with Gasteiger partial charge in [0.2, 0.25) is 0 Å². The zero-order valence-electron chi connectivity index (χ0n) is 10.1. The third-order valence-corrected chi connectivity index (χ3v) is 4.99. The fourth-order valence-corrected chi connectivity index (χ4v) is 3.85. The number of halogens is 1. The van der Waals surface area contributed by atoms with Crippen molar-refractivity contribution in [3.8, 4) is 0 Å². The lowest BCUT2D eigenvalue weighted by Gasteiger charge is -1.98. The molecule has 3 aromatic rings. The fourth-order valence-electron chi connectivity index (χ4n) is 2.46. The number of fused-ring (bicyclic) bond motifs is 2. The summed E-state index contributed by atoms with van der Waals surface area (Å²) in [6.07, 6.45) is 3.24. The molecule has 92 valence electrons. The number of para-hydroxylation sites is 1. The van der Waals surface area contributed by atoms with Crippen LogP contribution in [-0.2, 0) is 6.42 Å². The molecule has 0 radical (unpaired) electrons. The van der Waals surface area contributed by atoms with Crippen LogP contribution in [-0.4, -0.2) is 4.98 Å². The van der Waals surface area contributed by atoms with E-state index in [2.05, 4.69) is 58.4 Å². The van der Waals surface area contributed by atoms with Crippen LogP contribution in [0.4, 0.5) is 0 Å². The minimum absolute atomic E-state index is 0.981. The van der Waals surface area contributed by atoms with Gasteiger partial charge in [-0.1, -0.05) is 34.1 Å². The monoisotopic (exact) mass is 327 g/mol. The summed E-state index contributed by atoms with van der Waals surface area (Å²) in [6, 6.07) is 14.8. The van der Waals surface area contributed by atoms with Crippen LogP contribution in [0.5, 0.6) is 0 Å². The molecule has 0 aliphatic heterocycles. The molecule has 1 nitrogen and oxygen atoms in total. The van der Waals surface area contributed by atoms with E-state index in [1.807, 2.05) is 6.07 Å². The van der Waals surface area contributed by atoms with Gasteiger partial charge in [-0.3, -0.25) is 0 Å². The predicted octanol–water partition coefficient (Wildman–Crippen LogP) is 5.16. The van der Waals surface area contributed by atoms with E-state index in [0.717, 1.165) is 21.4 Å². The zero-order chi connectivity index (χ0) is 12.8. The highest BCUT2D eigenvalue weighted by molar-refractivity contribution is 9.10. The Morgan fingerprint density at radius 2 is 2.00 bits per heavy atom. The van der Waals surface area contributed by atoms with E-state index in [1.165, 1.54) is 21.4 Å². The molecule has 2 aromatic carbocycles. The lowest BCUT2D eigenvalue weighted by atomic mass is 10.1. The molecule has 0 N–H and O–H groups in total. The average Bonchev–Trinajstić information content (AvgIpc) is 3.00. The number of allylic oxidation sites excluding steroid dienone is 1. The molecular weight excluding hydrogens is 318 g/mol. The van der Waals surface area contributed by atoms with Gasteiger partial charge >= 0.3 is 0 Å². The van der Waals surface area contributed by atoms with Gasteiger partial charge in [-0.15, -0.1) is 11.3 Å². The standard InChI is InChI=1S/C16H10BrNS/c17-13-6-5-10-7-12(8-11(10)9-13)16-18-14-3-1-2-4-15(14)19-16/h1-7,9H,8H2. The Bertz CT molecular complexity index is 783. The van der Waals surface area contributed by atoms with E-state index in [-0.39, 0.29) is 0 Å². The summed E-state index contributed by atoms with van der Waals surface area (Å²) >= 11 is 5.31. The largest absolute Gasteiger partial charge is 0.236 e. The molecule has 4 rings (SSSR count). The summed E-state index contributed by atoms with van der Waals surface area (Å²) in [5.74, 6) is 0. The third kappa shape index (κ3) is 1.94. The van der Waals surface area contributed by atoms with Gasteiger partial charge < -0.3 is 0 Å². The van der Waals surface area contributed by atoms with E-state index >= 15 is 0 Å². The maximum Gasteiger partial charge on any atom is 0.120 e. The Labute approximate surface area is 123 Å². The molecule has 0 atom stereocenters. The number of thiazole rings is 1. The lowest BCUT2D eigenvalue weighted by Crippen LogP contribution is -1.84. The van der Waals surface area contributed by atoms with Crippen molar-refractivity contribution in [1.82, 2.24) is 4.98 Å². The van der Waals surface area contributed by atoms with Crippen LogP contribution in [0.1, 0.15) is 16.1 Å². The number of rotatable bonds is 1. The van der Waals surface area contributed by atoms with Crippen molar-refractivity contribution >= 4 is 49.1 Å². The number of aromatic nitrogens is 1. The van der Waals surface area contributed by atoms with Gasteiger partial charge in [0.15, 0.2) is 0 Å². The molecule has 0 unspecified atom stereocenters. The first-order valence-electron chi connectivity index (χ1n) is 6.14. The van der Waals surface area contributed by atoms with Crippen molar-refractivity contribution in [2.45, 2.75) is 6.42 Å². The molecule has 1 aliphatic carbocycles. The van der Waals surface area contributed by atoms with Gasteiger partial charge in [0.1, 0.15) is 5.01 Å². The zero-order valence-corrected chi connectivity index (χ0v) is 12.5.